The molecule has 0 bridgehead atoms. The standard InChI is InChI=1S/C19H20ClFN2O2S/c1-12-4-6-14(7-5-12)22-18(24)11-23(3)19(25)13(2)26-15-8-9-17(21)16(20)10-15/h4-10,13H,11H2,1-3H3,(H,22,24)/t13-/m0/s1. The molecule has 0 saturated heterocycles. The Balaban J connectivity index is 1.89. The largest absolute Gasteiger partial charge is 0.335 e. The van der Waals surface area contributed by atoms with E-state index in [0.29, 0.717) is 10.6 Å². The molecule has 0 aliphatic rings. The minimum Gasteiger partial charge on any atom is -0.335 e. The third kappa shape index (κ3) is 5.75. The molecule has 0 aromatic heterocycles. The lowest BCUT2D eigenvalue weighted by molar-refractivity contribution is -0.132. The van der Waals surface area contributed by atoms with E-state index in [1.165, 1.54) is 28.8 Å². The highest BCUT2D eigenvalue weighted by Gasteiger charge is 2.21. The summed E-state index contributed by atoms with van der Waals surface area (Å²) < 4.78 is 13.2. The van der Waals surface area contributed by atoms with Gasteiger partial charge in [0.25, 0.3) is 0 Å². The zero-order valence-corrected chi connectivity index (χ0v) is 16.3. The Kier molecular flexibility index (Phi) is 7.06. The summed E-state index contributed by atoms with van der Waals surface area (Å²) in [6.07, 6.45) is 0. The van der Waals surface area contributed by atoms with Gasteiger partial charge in [-0.2, -0.15) is 0 Å². The number of carbonyl (C=O) groups excluding carboxylic acids is 2. The fraction of sp³-hybridized carbons (Fsp3) is 0.263. The monoisotopic (exact) mass is 394 g/mol. The fourth-order valence-corrected chi connectivity index (χ4v) is 3.51. The highest BCUT2D eigenvalue weighted by atomic mass is 35.5. The first-order chi connectivity index (χ1) is 12.3. The van der Waals surface area contributed by atoms with Crippen LogP contribution in [0, 0.1) is 12.7 Å². The number of amides is 2. The van der Waals surface area contributed by atoms with Crippen LogP contribution in [0.1, 0.15) is 12.5 Å². The van der Waals surface area contributed by atoms with Crippen LogP contribution in [0.5, 0.6) is 0 Å². The number of nitrogens with zero attached hydrogens (tertiary/aromatic N) is 1. The molecule has 138 valence electrons. The van der Waals surface area contributed by atoms with E-state index in [4.69, 9.17) is 11.6 Å². The van der Waals surface area contributed by atoms with Crippen molar-refractivity contribution < 1.29 is 14.0 Å². The van der Waals surface area contributed by atoms with Crippen molar-refractivity contribution in [3.8, 4) is 0 Å². The predicted molar refractivity (Wildman–Crippen MR) is 104 cm³/mol. The minimum absolute atomic E-state index is 0.0143. The highest BCUT2D eigenvalue weighted by Crippen LogP contribution is 2.28. The molecule has 1 atom stereocenters. The first-order valence-corrected chi connectivity index (χ1v) is 9.25. The van der Waals surface area contributed by atoms with Gasteiger partial charge in [-0.05, 0) is 44.2 Å². The lowest BCUT2D eigenvalue weighted by Crippen LogP contribution is -2.38. The molecule has 0 heterocycles. The molecular formula is C19H20ClFN2O2S. The number of benzene rings is 2. The average Bonchev–Trinajstić information content (AvgIpc) is 2.59. The second-order valence-electron chi connectivity index (χ2n) is 5.94. The number of aryl methyl sites for hydroxylation is 1. The third-order valence-electron chi connectivity index (χ3n) is 3.64. The summed E-state index contributed by atoms with van der Waals surface area (Å²) in [6, 6.07) is 11.7. The number of thioether (sulfide) groups is 1. The van der Waals surface area contributed by atoms with E-state index in [0.717, 1.165) is 5.56 Å². The molecule has 4 nitrogen and oxygen atoms in total. The molecule has 26 heavy (non-hydrogen) atoms. The summed E-state index contributed by atoms with van der Waals surface area (Å²) in [5.74, 6) is -0.971. The molecule has 2 aromatic rings. The molecule has 0 aliphatic heterocycles. The maximum atomic E-state index is 13.2. The molecule has 2 amide bonds. The van der Waals surface area contributed by atoms with Crippen molar-refractivity contribution >= 4 is 40.9 Å². The van der Waals surface area contributed by atoms with Gasteiger partial charge in [-0.1, -0.05) is 29.3 Å². The first-order valence-electron chi connectivity index (χ1n) is 7.99. The Bertz CT molecular complexity index is 799. The van der Waals surface area contributed by atoms with E-state index < -0.39 is 11.1 Å². The molecule has 0 radical (unpaired) electrons. The van der Waals surface area contributed by atoms with Crippen molar-refractivity contribution in [2.75, 3.05) is 18.9 Å². The van der Waals surface area contributed by atoms with Gasteiger partial charge >= 0.3 is 0 Å². The summed E-state index contributed by atoms with van der Waals surface area (Å²) >= 11 is 7.02. The van der Waals surface area contributed by atoms with E-state index in [1.807, 2.05) is 31.2 Å². The molecule has 2 rings (SSSR count). The predicted octanol–water partition coefficient (Wildman–Crippen LogP) is 4.37. The van der Waals surface area contributed by atoms with Crippen molar-refractivity contribution in [3.05, 3.63) is 58.9 Å². The maximum absolute atomic E-state index is 13.2. The number of rotatable bonds is 6. The van der Waals surface area contributed by atoms with Crippen molar-refractivity contribution in [3.63, 3.8) is 0 Å². The van der Waals surface area contributed by atoms with Crippen molar-refractivity contribution in [2.24, 2.45) is 0 Å². The van der Waals surface area contributed by atoms with Crippen LogP contribution in [-0.2, 0) is 9.59 Å². The number of anilines is 1. The summed E-state index contributed by atoms with van der Waals surface area (Å²) in [5, 5.41) is 2.34. The molecule has 2 aromatic carbocycles. The van der Waals surface area contributed by atoms with Crippen molar-refractivity contribution in [1.82, 2.24) is 4.90 Å². The molecule has 0 fully saturated rings. The minimum atomic E-state index is -0.500. The van der Waals surface area contributed by atoms with Crippen LogP contribution in [0.3, 0.4) is 0 Å². The first kappa shape index (κ1) is 20.3. The van der Waals surface area contributed by atoms with E-state index in [2.05, 4.69) is 5.32 Å². The van der Waals surface area contributed by atoms with Gasteiger partial charge in [0, 0.05) is 17.6 Å². The normalized spacial score (nSPS) is 11.7. The van der Waals surface area contributed by atoms with Gasteiger partial charge in [-0.25, -0.2) is 4.39 Å². The third-order valence-corrected chi connectivity index (χ3v) is 5.01. The van der Waals surface area contributed by atoms with Crippen molar-refractivity contribution in [2.45, 2.75) is 24.0 Å². The summed E-state index contributed by atoms with van der Waals surface area (Å²) in [5.41, 5.74) is 1.78. The zero-order chi connectivity index (χ0) is 19.3. The average molecular weight is 395 g/mol. The number of carbonyl (C=O) groups is 2. The summed E-state index contributed by atoms with van der Waals surface area (Å²) in [6.45, 7) is 3.64. The Morgan fingerprint density at radius 2 is 1.88 bits per heavy atom. The van der Waals surface area contributed by atoms with E-state index in [1.54, 1.807) is 20.0 Å². The van der Waals surface area contributed by atoms with E-state index in [9.17, 15) is 14.0 Å². The highest BCUT2D eigenvalue weighted by molar-refractivity contribution is 8.00. The summed E-state index contributed by atoms with van der Waals surface area (Å²) in [4.78, 5) is 26.6. The van der Waals surface area contributed by atoms with Gasteiger partial charge in [-0.3, -0.25) is 9.59 Å². The van der Waals surface area contributed by atoms with Gasteiger partial charge in [0.1, 0.15) is 5.82 Å². The van der Waals surface area contributed by atoms with Crippen LogP contribution in [0.4, 0.5) is 10.1 Å². The van der Waals surface area contributed by atoms with E-state index in [-0.39, 0.29) is 23.4 Å². The van der Waals surface area contributed by atoms with Crippen molar-refractivity contribution in [1.29, 1.82) is 0 Å². The quantitative estimate of drug-likeness (QED) is 0.740. The van der Waals surface area contributed by atoms with Gasteiger partial charge in [0.05, 0.1) is 16.8 Å². The summed E-state index contributed by atoms with van der Waals surface area (Å²) in [7, 11) is 1.58. The van der Waals surface area contributed by atoms with Gasteiger partial charge < -0.3 is 10.2 Å². The SMILES string of the molecule is Cc1ccc(NC(=O)CN(C)C(=O)[C@H](C)Sc2ccc(F)c(Cl)c2)cc1. The van der Waals surface area contributed by atoms with E-state index >= 15 is 0 Å². The van der Waals surface area contributed by atoms with Crippen LogP contribution in [0.25, 0.3) is 0 Å². The van der Waals surface area contributed by atoms with Gasteiger partial charge in [0.15, 0.2) is 0 Å². The maximum Gasteiger partial charge on any atom is 0.243 e. The van der Waals surface area contributed by atoms with Crippen LogP contribution in [0.15, 0.2) is 47.4 Å². The molecule has 0 aliphatic carbocycles. The number of hydrogen-bond acceptors (Lipinski definition) is 3. The van der Waals surface area contributed by atoms with Gasteiger partial charge in [0.2, 0.25) is 11.8 Å². The molecule has 0 saturated carbocycles. The number of likely N-dealkylation sites (N-methyl/N-ethyl adjacent to an activating group) is 1. The fourth-order valence-electron chi connectivity index (χ4n) is 2.25. The Hall–Kier alpha value is -2.05. The number of nitrogens with one attached hydrogen (secondary N) is 1. The number of hydrogen-bond donors (Lipinski definition) is 1. The van der Waals surface area contributed by atoms with Gasteiger partial charge in [-0.15, -0.1) is 11.8 Å². The smallest absolute Gasteiger partial charge is 0.243 e. The topological polar surface area (TPSA) is 49.4 Å². The number of halogens is 2. The second kappa shape index (κ2) is 9.05. The second-order valence-corrected chi connectivity index (χ2v) is 7.77. The molecule has 0 spiro atoms. The van der Waals surface area contributed by atoms with Crippen LogP contribution in [0.2, 0.25) is 5.02 Å². The van der Waals surface area contributed by atoms with Crippen LogP contribution in [-0.4, -0.2) is 35.6 Å². The van der Waals surface area contributed by atoms with Crippen LogP contribution >= 0.6 is 23.4 Å². The lowest BCUT2D eigenvalue weighted by atomic mass is 10.2. The molecular weight excluding hydrogens is 375 g/mol. The Morgan fingerprint density at radius 3 is 2.50 bits per heavy atom. The molecule has 0 unspecified atom stereocenters. The Morgan fingerprint density at radius 1 is 1.23 bits per heavy atom. The lowest BCUT2D eigenvalue weighted by Gasteiger charge is -2.21. The molecule has 7 heteroatoms. The Labute approximate surface area is 161 Å². The molecule has 1 N–H and O–H groups in total. The zero-order valence-electron chi connectivity index (χ0n) is 14.8. The van der Waals surface area contributed by atoms with Crippen LogP contribution < -0.4 is 5.32 Å².